The van der Waals surface area contributed by atoms with Crippen molar-refractivity contribution >= 4 is 11.6 Å². The van der Waals surface area contributed by atoms with Crippen LogP contribution in [0.3, 0.4) is 0 Å². The monoisotopic (exact) mass is 266 g/mol. The molecule has 1 saturated carbocycles. The zero-order valence-electron chi connectivity index (χ0n) is 11.4. The lowest BCUT2D eigenvalue weighted by molar-refractivity contribution is 0.207. The van der Waals surface area contributed by atoms with Gasteiger partial charge in [0.1, 0.15) is 0 Å². The van der Waals surface area contributed by atoms with Crippen LogP contribution >= 0.6 is 11.6 Å². The van der Waals surface area contributed by atoms with Gasteiger partial charge in [0.05, 0.1) is 5.02 Å². The average Bonchev–Trinajstić information content (AvgIpc) is 2.34. The van der Waals surface area contributed by atoms with Gasteiger partial charge < -0.3 is 5.32 Å². The maximum Gasteiger partial charge on any atom is 0.0621 e. The van der Waals surface area contributed by atoms with Gasteiger partial charge in [0, 0.05) is 18.4 Å². The van der Waals surface area contributed by atoms with E-state index in [1.54, 1.807) is 6.20 Å². The lowest BCUT2D eigenvalue weighted by Crippen LogP contribution is -2.36. The zero-order chi connectivity index (χ0) is 13.0. The van der Waals surface area contributed by atoms with E-state index in [-0.39, 0.29) is 0 Å². The number of hydrogen-bond donors (Lipinski definition) is 1. The fourth-order valence-corrected chi connectivity index (χ4v) is 2.83. The first-order valence-corrected chi connectivity index (χ1v) is 7.26. The molecule has 1 N–H and O–H groups in total. The minimum absolute atomic E-state index is 0.548. The Morgan fingerprint density at radius 1 is 1.39 bits per heavy atom. The molecule has 0 unspecified atom stereocenters. The van der Waals surface area contributed by atoms with Crippen molar-refractivity contribution in [3.63, 3.8) is 0 Å². The number of hydrogen-bond acceptors (Lipinski definition) is 2. The van der Waals surface area contributed by atoms with Gasteiger partial charge in [0.15, 0.2) is 0 Å². The summed E-state index contributed by atoms with van der Waals surface area (Å²) in [5, 5.41) is 4.44. The van der Waals surface area contributed by atoms with Crippen molar-refractivity contribution in [2.24, 2.45) is 5.41 Å². The summed E-state index contributed by atoms with van der Waals surface area (Å²) in [5.74, 6) is 0. The normalized spacial score (nSPS) is 19.9. The van der Waals surface area contributed by atoms with Gasteiger partial charge in [0.25, 0.3) is 0 Å². The molecule has 0 aliphatic heterocycles. The van der Waals surface area contributed by atoms with Crippen LogP contribution in [0.1, 0.15) is 45.1 Å². The molecule has 100 valence electrons. The van der Waals surface area contributed by atoms with E-state index >= 15 is 0 Å². The molecule has 1 aliphatic rings. The zero-order valence-corrected chi connectivity index (χ0v) is 12.1. The molecule has 0 atom stereocenters. The van der Waals surface area contributed by atoms with E-state index in [1.807, 2.05) is 12.3 Å². The van der Waals surface area contributed by atoms with Gasteiger partial charge in [-0.3, -0.25) is 4.98 Å². The molecule has 1 aromatic heterocycles. The predicted octanol–water partition coefficient (Wildman–Crippen LogP) is 3.84. The summed E-state index contributed by atoms with van der Waals surface area (Å²) in [6, 6.07) is 2.70. The number of nitrogens with zero attached hydrogens (tertiary/aromatic N) is 1. The lowest BCUT2D eigenvalue weighted by atomic mass is 9.75. The molecule has 0 radical (unpaired) electrons. The molecule has 1 aliphatic carbocycles. The molecule has 18 heavy (non-hydrogen) atoms. The van der Waals surface area contributed by atoms with Gasteiger partial charge >= 0.3 is 0 Å². The summed E-state index contributed by atoms with van der Waals surface area (Å²) in [4.78, 5) is 4.01. The number of nitrogens with one attached hydrogen (secondary N) is 1. The van der Waals surface area contributed by atoms with E-state index < -0.39 is 0 Å². The van der Waals surface area contributed by atoms with Crippen molar-refractivity contribution in [2.45, 2.75) is 52.0 Å². The molecular weight excluding hydrogens is 244 g/mol. The first-order chi connectivity index (χ1) is 8.57. The lowest BCUT2D eigenvalue weighted by Gasteiger charge is -2.34. The van der Waals surface area contributed by atoms with Crippen LogP contribution < -0.4 is 5.32 Å². The van der Waals surface area contributed by atoms with Crippen LogP contribution in [0, 0.1) is 5.41 Å². The summed E-state index contributed by atoms with van der Waals surface area (Å²) in [5.41, 5.74) is 1.74. The van der Waals surface area contributed by atoms with Gasteiger partial charge in [-0.15, -0.1) is 0 Å². The molecule has 1 heterocycles. The number of aromatic nitrogens is 1. The summed E-state index contributed by atoms with van der Waals surface area (Å²) >= 11 is 6.09. The second-order valence-electron chi connectivity index (χ2n) is 6.11. The van der Waals surface area contributed by atoms with Crippen LogP contribution in [-0.4, -0.2) is 17.6 Å². The molecule has 0 spiro atoms. The molecule has 1 aromatic rings. The SMILES string of the molecule is CC1(C)CCC(NCCc2ccncc2Cl)CC1. The van der Waals surface area contributed by atoms with Gasteiger partial charge in [-0.05, 0) is 55.7 Å². The summed E-state index contributed by atoms with van der Waals surface area (Å²) < 4.78 is 0. The molecule has 3 heteroatoms. The van der Waals surface area contributed by atoms with Crippen LogP contribution in [0.2, 0.25) is 5.02 Å². The highest BCUT2D eigenvalue weighted by atomic mass is 35.5. The second-order valence-corrected chi connectivity index (χ2v) is 6.52. The quantitative estimate of drug-likeness (QED) is 0.896. The maximum atomic E-state index is 6.09. The van der Waals surface area contributed by atoms with E-state index in [9.17, 15) is 0 Å². The van der Waals surface area contributed by atoms with Gasteiger partial charge in [-0.25, -0.2) is 0 Å². The number of halogens is 1. The molecule has 0 bridgehead atoms. The fourth-order valence-electron chi connectivity index (χ4n) is 2.62. The summed E-state index contributed by atoms with van der Waals surface area (Å²) in [6.45, 7) is 5.76. The molecule has 2 nitrogen and oxygen atoms in total. The van der Waals surface area contributed by atoms with Crippen LogP contribution in [0.15, 0.2) is 18.5 Å². The summed E-state index contributed by atoms with van der Waals surface area (Å²) in [6.07, 6.45) is 9.79. The Hall–Kier alpha value is -0.600. The van der Waals surface area contributed by atoms with Crippen LogP contribution in [0.4, 0.5) is 0 Å². The third-order valence-electron chi connectivity index (χ3n) is 4.02. The Balaban J connectivity index is 1.72. The molecule has 0 aromatic carbocycles. The van der Waals surface area contributed by atoms with Crippen molar-refractivity contribution in [2.75, 3.05) is 6.54 Å². The Labute approximate surface area is 115 Å². The standard InChI is InChI=1S/C15H23ClN2/c1-15(2)7-3-13(4-8-15)18-10-6-12-5-9-17-11-14(12)16/h5,9,11,13,18H,3-4,6-8,10H2,1-2H3. The molecular formula is C15H23ClN2. The predicted molar refractivity (Wildman–Crippen MR) is 77.0 cm³/mol. The van der Waals surface area contributed by atoms with Crippen LogP contribution in [0.25, 0.3) is 0 Å². The molecule has 0 saturated heterocycles. The molecule has 0 amide bonds. The second kappa shape index (κ2) is 6.03. The van der Waals surface area contributed by atoms with E-state index in [0.29, 0.717) is 11.5 Å². The van der Waals surface area contributed by atoms with Crippen molar-refractivity contribution in [3.8, 4) is 0 Å². The third kappa shape index (κ3) is 3.96. The minimum atomic E-state index is 0.548. The molecule has 2 rings (SSSR count). The highest BCUT2D eigenvalue weighted by Crippen LogP contribution is 2.34. The number of pyridine rings is 1. The number of rotatable bonds is 4. The van der Waals surface area contributed by atoms with Crippen LogP contribution in [0.5, 0.6) is 0 Å². The van der Waals surface area contributed by atoms with E-state index in [0.717, 1.165) is 18.0 Å². The first-order valence-electron chi connectivity index (χ1n) is 6.89. The topological polar surface area (TPSA) is 24.9 Å². The average molecular weight is 267 g/mol. The highest BCUT2D eigenvalue weighted by Gasteiger charge is 2.26. The van der Waals surface area contributed by atoms with Gasteiger partial charge in [0.2, 0.25) is 0 Å². The Bertz CT molecular complexity index is 380. The summed E-state index contributed by atoms with van der Waals surface area (Å²) in [7, 11) is 0. The largest absolute Gasteiger partial charge is 0.314 e. The Morgan fingerprint density at radius 3 is 2.78 bits per heavy atom. The van der Waals surface area contributed by atoms with E-state index in [4.69, 9.17) is 11.6 Å². The smallest absolute Gasteiger partial charge is 0.0621 e. The van der Waals surface area contributed by atoms with E-state index in [2.05, 4.69) is 24.1 Å². The van der Waals surface area contributed by atoms with Crippen molar-refractivity contribution in [3.05, 3.63) is 29.0 Å². The molecule has 1 fully saturated rings. The minimum Gasteiger partial charge on any atom is -0.314 e. The van der Waals surface area contributed by atoms with Gasteiger partial charge in [-0.2, -0.15) is 0 Å². The van der Waals surface area contributed by atoms with Crippen molar-refractivity contribution in [1.29, 1.82) is 0 Å². The Kier molecular flexibility index (Phi) is 4.63. The van der Waals surface area contributed by atoms with Crippen molar-refractivity contribution in [1.82, 2.24) is 10.3 Å². The first kappa shape index (κ1) is 13.8. The third-order valence-corrected chi connectivity index (χ3v) is 4.36. The van der Waals surface area contributed by atoms with Gasteiger partial charge in [-0.1, -0.05) is 25.4 Å². The highest BCUT2D eigenvalue weighted by molar-refractivity contribution is 6.31. The van der Waals surface area contributed by atoms with Crippen LogP contribution in [-0.2, 0) is 6.42 Å². The fraction of sp³-hybridized carbons (Fsp3) is 0.667. The maximum absolute atomic E-state index is 6.09. The van der Waals surface area contributed by atoms with Crippen molar-refractivity contribution < 1.29 is 0 Å². The van der Waals surface area contributed by atoms with E-state index in [1.165, 1.54) is 31.2 Å². The Morgan fingerprint density at radius 2 is 2.11 bits per heavy atom.